The van der Waals surface area contributed by atoms with Crippen molar-refractivity contribution in [2.24, 2.45) is 5.73 Å². The summed E-state index contributed by atoms with van der Waals surface area (Å²) in [6, 6.07) is 14.2. The van der Waals surface area contributed by atoms with Crippen LogP contribution in [0, 0.1) is 18.3 Å². The molecule has 2 aromatic rings. The Morgan fingerprint density at radius 1 is 1.30 bits per heavy atom. The summed E-state index contributed by atoms with van der Waals surface area (Å²) in [4.78, 5) is 0. The Kier molecular flexibility index (Phi) is 3.17. The van der Waals surface area contributed by atoms with Crippen LogP contribution in [0.2, 0.25) is 0 Å². The van der Waals surface area contributed by atoms with Crippen LogP contribution in [0.3, 0.4) is 0 Å². The fourth-order valence-electron chi connectivity index (χ4n) is 2.70. The van der Waals surface area contributed by atoms with E-state index in [-0.39, 0.29) is 6.10 Å². The molecule has 0 aliphatic carbocycles. The SMILES string of the molecule is Cc1ccccc1-c1cc(C#N)cc2c1OC(CN)C2. The molecule has 2 N–H and O–H groups in total. The summed E-state index contributed by atoms with van der Waals surface area (Å²) in [6.07, 6.45) is 0.793. The van der Waals surface area contributed by atoms with Crippen LogP contribution < -0.4 is 10.5 Å². The minimum atomic E-state index is 0.0155. The summed E-state index contributed by atoms with van der Waals surface area (Å²) < 4.78 is 5.96. The highest BCUT2D eigenvalue weighted by molar-refractivity contribution is 5.77. The molecule has 3 heteroatoms. The Morgan fingerprint density at radius 3 is 2.80 bits per heavy atom. The van der Waals surface area contributed by atoms with E-state index in [1.165, 1.54) is 5.56 Å². The minimum Gasteiger partial charge on any atom is -0.488 e. The van der Waals surface area contributed by atoms with Gasteiger partial charge in [-0.25, -0.2) is 0 Å². The first-order chi connectivity index (χ1) is 9.72. The van der Waals surface area contributed by atoms with Crippen LogP contribution in [0.1, 0.15) is 16.7 Å². The Balaban J connectivity index is 2.20. The van der Waals surface area contributed by atoms with E-state index in [1.807, 2.05) is 24.3 Å². The van der Waals surface area contributed by atoms with E-state index in [1.54, 1.807) is 0 Å². The first-order valence-corrected chi connectivity index (χ1v) is 6.72. The molecule has 1 aliphatic rings. The van der Waals surface area contributed by atoms with Crippen LogP contribution in [-0.2, 0) is 6.42 Å². The molecule has 100 valence electrons. The van der Waals surface area contributed by atoms with Gasteiger partial charge in [-0.3, -0.25) is 0 Å². The Hall–Kier alpha value is -2.31. The van der Waals surface area contributed by atoms with E-state index in [0.29, 0.717) is 12.1 Å². The van der Waals surface area contributed by atoms with E-state index < -0.39 is 0 Å². The number of nitriles is 1. The maximum absolute atomic E-state index is 9.22. The zero-order valence-electron chi connectivity index (χ0n) is 11.4. The fourth-order valence-corrected chi connectivity index (χ4v) is 2.70. The lowest BCUT2D eigenvalue weighted by molar-refractivity contribution is 0.242. The largest absolute Gasteiger partial charge is 0.488 e. The van der Waals surface area contributed by atoms with Gasteiger partial charge in [0.25, 0.3) is 0 Å². The number of ether oxygens (including phenoxy) is 1. The third-order valence-electron chi connectivity index (χ3n) is 3.73. The van der Waals surface area contributed by atoms with E-state index in [9.17, 15) is 5.26 Å². The van der Waals surface area contributed by atoms with Gasteiger partial charge in [0.2, 0.25) is 0 Å². The highest BCUT2D eigenvalue weighted by atomic mass is 16.5. The van der Waals surface area contributed by atoms with Gasteiger partial charge < -0.3 is 10.5 Å². The quantitative estimate of drug-likeness (QED) is 0.907. The molecule has 0 fully saturated rings. The van der Waals surface area contributed by atoms with Crippen molar-refractivity contribution in [1.82, 2.24) is 0 Å². The molecule has 0 saturated heterocycles. The number of nitrogens with two attached hydrogens (primary N) is 1. The van der Waals surface area contributed by atoms with Crippen LogP contribution in [-0.4, -0.2) is 12.6 Å². The summed E-state index contributed by atoms with van der Waals surface area (Å²) in [7, 11) is 0. The zero-order valence-corrected chi connectivity index (χ0v) is 11.4. The second-order valence-corrected chi connectivity index (χ2v) is 5.12. The van der Waals surface area contributed by atoms with Crippen molar-refractivity contribution in [2.75, 3.05) is 6.54 Å². The average Bonchev–Trinajstić information content (AvgIpc) is 2.90. The summed E-state index contributed by atoms with van der Waals surface area (Å²) >= 11 is 0. The second-order valence-electron chi connectivity index (χ2n) is 5.12. The maximum atomic E-state index is 9.22. The first kappa shape index (κ1) is 12.7. The molecule has 3 rings (SSSR count). The molecule has 0 saturated carbocycles. The smallest absolute Gasteiger partial charge is 0.131 e. The number of nitrogens with zero attached hydrogens (tertiary/aromatic N) is 1. The van der Waals surface area contributed by atoms with Gasteiger partial charge in [0, 0.05) is 18.5 Å². The topological polar surface area (TPSA) is 59.0 Å². The van der Waals surface area contributed by atoms with Gasteiger partial charge in [0.1, 0.15) is 11.9 Å². The lowest BCUT2D eigenvalue weighted by Crippen LogP contribution is -2.24. The van der Waals surface area contributed by atoms with Crippen LogP contribution in [0.5, 0.6) is 5.75 Å². The van der Waals surface area contributed by atoms with Crippen molar-refractivity contribution in [1.29, 1.82) is 5.26 Å². The standard InChI is InChI=1S/C17H16N2O/c1-11-4-2-3-5-15(11)16-7-12(9-18)6-13-8-14(10-19)20-17(13)16/h2-7,14H,8,10,19H2,1H3. The van der Waals surface area contributed by atoms with Gasteiger partial charge in [0.15, 0.2) is 0 Å². The van der Waals surface area contributed by atoms with E-state index in [4.69, 9.17) is 10.5 Å². The molecule has 20 heavy (non-hydrogen) atoms. The molecule has 0 bridgehead atoms. The molecule has 1 unspecified atom stereocenters. The summed E-state index contributed by atoms with van der Waals surface area (Å²) in [5.41, 5.74) is 10.7. The predicted molar refractivity (Wildman–Crippen MR) is 78.5 cm³/mol. The average molecular weight is 264 g/mol. The third kappa shape index (κ3) is 2.04. The molecular formula is C17H16N2O. The van der Waals surface area contributed by atoms with Gasteiger partial charge in [-0.2, -0.15) is 5.26 Å². The van der Waals surface area contributed by atoms with Gasteiger partial charge in [-0.05, 0) is 35.7 Å². The van der Waals surface area contributed by atoms with E-state index in [2.05, 4.69) is 25.1 Å². The summed E-state index contributed by atoms with van der Waals surface area (Å²) in [6.45, 7) is 2.56. The highest BCUT2D eigenvalue weighted by Gasteiger charge is 2.26. The Labute approximate surface area is 118 Å². The monoisotopic (exact) mass is 264 g/mol. The number of hydrogen-bond acceptors (Lipinski definition) is 3. The normalized spacial score (nSPS) is 16.4. The Morgan fingerprint density at radius 2 is 2.10 bits per heavy atom. The van der Waals surface area contributed by atoms with Crippen molar-refractivity contribution in [3.63, 3.8) is 0 Å². The van der Waals surface area contributed by atoms with Crippen molar-refractivity contribution in [3.05, 3.63) is 53.1 Å². The zero-order chi connectivity index (χ0) is 14.1. The van der Waals surface area contributed by atoms with Crippen LogP contribution in [0.15, 0.2) is 36.4 Å². The van der Waals surface area contributed by atoms with Gasteiger partial charge in [-0.1, -0.05) is 24.3 Å². The van der Waals surface area contributed by atoms with Crippen LogP contribution in [0.4, 0.5) is 0 Å². The predicted octanol–water partition coefficient (Wildman–Crippen LogP) is 2.80. The summed E-state index contributed by atoms with van der Waals surface area (Å²) in [5.74, 6) is 0.883. The Bertz CT molecular complexity index is 701. The summed E-state index contributed by atoms with van der Waals surface area (Å²) in [5, 5.41) is 9.22. The van der Waals surface area contributed by atoms with E-state index >= 15 is 0 Å². The number of benzene rings is 2. The van der Waals surface area contributed by atoms with Gasteiger partial charge in [0.05, 0.1) is 11.6 Å². The number of fused-ring (bicyclic) bond motifs is 1. The molecule has 0 amide bonds. The van der Waals surface area contributed by atoms with Crippen LogP contribution in [0.25, 0.3) is 11.1 Å². The second kappa shape index (κ2) is 4.99. The minimum absolute atomic E-state index is 0.0155. The lowest BCUT2D eigenvalue weighted by atomic mass is 9.95. The molecule has 0 spiro atoms. The molecule has 1 heterocycles. The van der Waals surface area contributed by atoms with E-state index in [0.717, 1.165) is 28.9 Å². The third-order valence-corrected chi connectivity index (χ3v) is 3.73. The lowest BCUT2D eigenvalue weighted by Gasteiger charge is -2.13. The number of rotatable bonds is 2. The molecular weight excluding hydrogens is 248 g/mol. The maximum Gasteiger partial charge on any atom is 0.131 e. The number of aryl methyl sites for hydroxylation is 1. The van der Waals surface area contributed by atoms with Crippen molar-refractivity contribution in [3.8, 4) is 22.9 Å². The fraction of sp³-hybridized carbons (Fsp3) is 0.235. The molecule has 1 aliphatic heterocycles. The first-order valence-electron chi connectivity index (χ1n) is 6.72. The van der Waals surface area contributed by atoms with Gasteiger partial charge >= 0.3 is 0 Å². The van der Waals surface area contributed by atoms with Crippen molar-refractivity contribution >= 4 is 0 Å². The van der Waals surface area contributed by atoms with Crippen molar-refractivity contribution < 1.29 is 4.74 Å². The molecule has 1 atom stereocenters. The molecule has 2 aromatic carbocycles. The molecule has 0 aromatic heterocycles. The highest BCUT2D eigenvalue weighted by Crippen LogP contribution is 2.40. The van der Waals surface area contributed by atoms with Crippen LogP contribution >= 0.6 is 0 Å². The van der Waals surface area contributed by atoms with Gasteiger partial charge in [-0.15, -0.1) is 0 Å². The van der Waals surface area contributed by atoms with Crippen molar-refractivity contribution in [2.45, 2.75) is 19.4 Å². The molecule has 3 nitrogen and oxygen atoms in total. The molecule has 0 radical (unpaired) electrons. The number of hydrogen-bond donors (Lipinski definition) is 1.